The molecular weight excluding hydrogens is 326 g/mol. The first-order valence-corrected chi connectivity index (χ1v) is 8.22. The van der Waals surface area contributed by atoms with E-state index < -0.39 is 5.97 Å². The maximum absolute atomic E-state index is 12.0. The van der Waals surface area contributed by atoms with Crippen LogP contribution in [0.25, 0.3) is 23.0 Å². The first kappa shape index (κ1) is 17.2. The van der Waals surface area contributed by atoms with Gasteiger partial charge in [-0.3, -0.25) is 0 Å². The van der Waals surface area contributed by atoms with E-state index in [4.69, 9.17) is 4.74 Å². The van der Waals surface area contributed by atoms with Gasteiger partial charge < -0.3 is 4.74 Å². The smallest absolute Gasteiger partial charge is 0.348 e. The van der Waals surface area contributed by atoms with Crippen LogP contribution in [0.15, 0.2) is 72.4 Å². The van der Waals surface area contributed by atoms with Gasteiger partial charge in [0.25, 0.3) is 0 Å². The van der Waals surface area contributed by atoms with Crippen molar-refractivity contribution in [2.45, 2.75) is 6.92 Å². The summed E-state index contributed by atoms with van der Waals surface area (Å²) in [6, 6.07) is 21.2. The molecule has 0 atom stereocenters. The molecule has 26 heavy (non-hydrogen) atoms. The first-order valence-electron chi connectivity index (χ1n) is 8.22. The highest BCUT2D eigenvalue weighted by Gasteiger charge is 2.15. The summed E-state index contributed by atoms with van der Waals surface area (Å²) >= 11 is 0. The van der Waals surface area contributed by atoms with Gasteiger partial charge in [0.05, 0.1) is 18.0 Å². The van der Waals surface area contributed by atoms with E-state index in [2.05, 4.69) is 5.10 Å². The lowest BCUT2D eigenvalue weighted by Crippen LogP contribution is -2.06. The number of esters is 1. The number of benzene rings is 2. The summed E-state index contributed by atoms with van der Waals surface area (Å²) in [7, 11) is 0. The second-order valence-electron chi connectivity index (χ2n) is 5.47. The average Bonchev–Trinajstić information content (AvgIpc) is 3.11. The molecule has 5 nitrogen and oxygen atoms in total. The van der Waals surface area contributed by atoms with Crippen molar-refractivity contribution in [3.8, 4) is 23.0 Å². The van der Waals surface area contributed by atoms with Crippen molar-refractivity contribution in [1.29, 1.82) is 5.26 Å². The van der Waals surface area contributed by atoms with E-state index in [-0.39, 0.29) is 12.2 Å². The van der Waals surface area contributed by atoms with Crippen LogP contribution in [0.5, 0.6) is 0 Å². The monoisotopic (exact) mass is 343 g/mol. The Balaban J connectivity index is 2.12. The van der Waals surface area contributed by atoms with E-state index in [1.165, 1.54) is 6.08 Å². The summed E-state index contributed by atoms with van der Waals surface area (Å²) in [5.41, 5.74) is 3.08. The van der Waals surface area contributed by atoms with E-state index in [0.29, 0.717) is 11.3 Å². The molecule has 0 radical (unpaired) electrons. The molecule has 3 aromatic rings. The molecule has 5 heteroatoms. The number of nitriles is 1. The van der Waals surface area contributed by atoms with Crippen LogP contribution >= 0.6 is 0 Å². The summed E-state index contributed by atoms with van der Waals surface area (Å²) in [5, 5.41) is 14.0. The number of nitrogens with zero attached hydrogens (tertiary/aromatic N) is 3. The number of aromatic nitrogens is 2. The Morgan fingerprint density at radius 1 is 1.15 bits per heavy atom. The predicted octanol–water partition coefficient (Wildman–Crippen LogP) is 4.01. The summed E-state index contributed by atoms with van der Waals surface area (Å²) in [6.45, 7) is 1.92. The van der Waals surface area contributed by atoms with Gasteiger partial charge in [0.15, 0.2) is 0 Å². The second-order valence-corrected chi connectivity index (χ2v) is 5.47. The minimum absolute atomic E-state index is 0.0587. The Morgan fingerprint density at radius 2 is 1.81 bits per heavy atom. The molecule has 0 bridgehead atoms. The minimum Gasteiger partial charge on any atom is -0.462 e. The summed E-state index contributed by atoms with van der Waals surface area (Å²) in [4.78, 5) is 12.0. The van der Waals surface area contributed by atoms with Crippen molar-refractivity contribution >= 4 is 12.0 Å². The summed E-state index contributed by atoms with van der Waals surface area (Å²) < 4.78 is 6.68. The molecule has 0 unspecified atom stereocenters. The van der Waals surface area contributed by atoms with Crippen molar-refractivity contribution in [2.75, 3.05) is 6.61 Å². The van der Waals surface area contributed by atoms with Crippen LogP contribution in [0, 0.1) is 11.3 Å². The Bertz CT molecular complexity index is 967. The van der Waals surface area contributed by atoms with Gasteiger partial charge in [-0.1, -0.05) is 48.5 Å². The lowest BCUT2D eigenvalue weighted by molar-refractivity contribution is -0.137. The third-order valence-corrected chi connectivity index (χ3v) is 3.73. The molecule has 0 amide bonds. The van der Waals surface area contributed by atoms with Gasteiger partial charge in [-0.05, 0) is 25.1 Å². The van der Waals surface area contributed by atoms with Crippen LogP contribution in [-0.2, 0) is 9.53 Å². The van der Waals surface area contributed by atoms with E-state index in [9.17, 15) is 10.1 Å². The van der Waals surface area contributed by atoms with E-state index in [1.807, 2.05) is 66.7 Å². The Morgan fingerprint density at radius 3 is 2.42 bits per heavy atom. The number of carbonyl (C=O) groups excluding carboxylic acids is 1. The van der Waals surface area contributed by atoms with Crippen molar-refractivity contribution < 1.29 is 9.53 Å². The van der Waals surface area contributed by atoms with Crippen molar-refractivity contribution in [1.82, 2.24) is 9.78 Å². The zero-order valence-electron chi connectivity index (χ0n) is 14.3. The fraction of sp³-hybridized carbons (Fsp3) is 0.0952. The van der Waals surface area contributed by atoms with Crippen LogP contribution in [0.1, 0.15) is 12.5 Å². The molecule has 0 N–H and O–H groups in total. The lowest BCUT2D eigenvalue weighted by atomic mass is 10.1. The molecule has 0 aliphatic heterocycles. The van der Waals surface area contributed by atoms with Gasteiger partial charge in [0, 0.05) is 17.3 Å². The molecule has 3 rings (SSSR count). The SMILES string of the molecule is CCOC(=O)/C(C#N)=C\c1cn(-c2ccccc2)nc1-c1ccccc1. The summed E-state index contributed by atoms with van der Waals surface area (Å²) in [6.07, 6.45) is 3.32. The minimum atomic E-state index is -0.638. The Labute approximate surface area is 151 Å². The zero-order chi connectivity index (χ0) is 18.4. The van der Waals surface area contributed by atoms with Crippen molar-refractivity contribution in [2.24, 2.45) is 0 Å². The molecule has 128 valence electrons. The van der Waals surface area contributed by atoms with Crippen LogP contribution in [0.3, 0.4) is 0 Å². The highest BCUT2D eigenvalue weighted by atomic mass is 16.5. The molecule has 2 aromatic carbocycles. The number of hydrogen-bond donors (Lipinski definition) is 0. The van der Waals surface area contributed by atoms with Crippen LogP contribution in [0.4, 0.5) is 0 Å². The molecular formula is C21H17N3O2. The molecule has 0 fully saturated rings. The maximum Gasteiger partial charge on any atom is 0.348 e. The average molecular weight is 343 g/mol. The van der Waals surface area contributed by atoms with Gasteiger partial charge in [0.2, 0.25) is 0 Å². The third kappa shape index (κ3) is 3.70. The molecule has 1 aromatic heterocycles. The number of rotatable bonds is 5. The highest BCUT2D eigenvalue weighted by Crippen LogP contribution is 2.25. The van der Waals surface area contributed by atoms with Crippen LogP contribution in [0.2, 0.25) is 0 Å². The maximum atomic E-state index is 12.0. The fourth-order valence-corrected chi connectivity index (χ4v) is 2.53. The molecule has 0 aliphatic carbocycles. The van der Waals surface area contributed by atoms with E-state index >= 15 is 0 Å². The van der Waals surface area contributed by atoms with E-state index in [1.54, 1.807) is 17.8 Å². The number of ether oxygens (including phenoxy) is 1. The first-order chi connectivity index (χ1) is 12.7. The highest BCUT2D eigenvalue weighted by molar-refractivity contribution is 5.98. The second kappa shape index (κ2) is 7.95. The molecule has 1 heterocycles. The molecule has 0 saturated heterocycles. The Hall–Kier alpha value is -3.65. The van der Waals surface area contributed by atoms with Gasteiger partial charge in [0.1, 0.15) is 11.6 Å². The number of carbonyl (C=O) groups is 1. The number of hydrogen-bond acceptors (Lipinski definition) is 4. The molecule has 0 spiro atoms. The predicted molar refractivity (Wildman–Crippen MR) is 99.2 cm³/mol. The van der Waals surface area contributed by atoms with Crippen molar-refractivity contribution in [3.05, 3.63) is 78.0 Å². The Kier molecular flexibility index (Phi) is 5.25. The quantitative estimate of drug-likeness (QED) is 0.399. The number of para-hydroxylation sites is 1. The molecule has 0 aliphatic rings. The van der Waals surface area contributed by atoms with Crippen molar-refractivity contribution in [3.63, 3.8) is 0 Å². The van der Waals surface area contributed by atoms with Crippen LogP contribution < -0.4 is 0 Å². The van der Waals surface area contributed by atoms with Crippen LogP contribution in [-0.4, -0.2) is 22.4 Å². The normalized spacial score (nSPS) is 11.0. The van der Waals surface area contributed by atoms with Gasteiger partial charge in [-0.2, -0.15) is 10.4 Å². The summed E-state index contributed by atoms with van der Waals surface area (Å²) in [5.74, 6) is -0.638. The lowest BCUT2D eigenvalue weighted by Gasteiger charge is -2.01. The fourth-order valence-electron chi connectivity index (χ4n) is 2.53. The standard InChI is InChI=1S/C21H17N3O2/c1-2-26-21(25)17(14-22)13-18-15-24(19-11-7-4-8-12-19)23-20(18)16-9-5-3-6-10-16/h3-13,15H,2H2,1H3/b17-13-. The van der Waals surface area contributed by atoms with Gasteiger partial charge in [-0.15, -0.1) is 0 Å². The van der Waals surface area contributed by atoms with Gasteiger partial charge in [-0.25, -0.2) is 9.48 Å². The zero-order valence-corrected chi connectivity index (χ0v) is 14.3. The van der Waals surface area contributed by atoms with E-state index in [0.717, 1.165) is 11.3 Å². The van der Waals surface area contributed by atoms with Gasteiger partial charge >= 0.3 is 5.97 Å². The molecule has 0 saturated carbocycles. The topological polar surface area (TPSA) is 67.9 Å². The largest absolute Gasteiger partial charge is 0.462 e. The third-order valence-electron chi connectivity index (χ3n) is 3.73.